The highest BCUT2D eigenvalue weighted by atomic mass is 35.5. The Bertz CT molecular complexity index is 1140. The van der Waals surface area contributed by atoms with Gasteiger partial charge in [0, 0.05) is 29.1 Å². The molecule has 7 nitrogen and oxygen atoms in total. The Kier molecular flexibility index (Phi) is 7.60. The number of fused-ring (bicyclic) bond motifs is 1. The summed E-state index contributed by atoms with van der Waals surface area (Å²) in [4.78, 5) is 12.6. The predicted octanol–water partition coefficient (Wildman–Crippen LogP) is 4.13. The van der Waals surface area contributed by atoms with Crippen LogP contribution in [0.15, 0.2) is 28.7 Å². The Morgan fingerprint density at radius 3 is 2.75 bits per heavy atom. The summed E-state index contributed by atoms with van der Waals surface area (Å²) >= 11 is 0. The van der Waals surface area contributed by atoms with E-state index in [2.05, 4.69) is 35.6 Å². The van der Waals surface area contributed by atoms with Crippen molar-refractivity contribution < 1.29 is 9.21 Å². The minimum absolute atomic E-state index is 0. The third kappa shape index (κ3) is 5.14. The van der Waals surface area contributed by atoms with Crippen LogP contribution < -0.4 is 10.6 Å². The molecule has 0 bridgehead atoms. The molecule has 0 atom stereocenters. The molecule has 8 heteroatoms. The molecule has 0 aliphatic carbocycles. The number of rotatable bonds is 6. The van der Waals surface area contributed by atoms with Crippen LogP contribution in [-0.2, 0) is 6.54 Å². The van der Waals surface area contributed by atoms with Crippen LogP contribution in [0.4, 0.5) is 0 Å². The molecule has 1 aromatic carbocycles. The van der Waals surface area contributed by atoms with Crippen molar-refractivity contribution in [3.8, 4) is 6.07 Å². The van der Waals surface area contributed by atoms with Gasteiger partial charge in [0.25, 0.3) is 5.91 Å². The average molecular weight is 456 g/mol. The number of nitrogens with one attached hydrogen (secondary N) is 2. The zero-order chi connectivity index (χ0) is 22.0. The second kappa shape index (κ2) is 10.2. The predicted molar refractivity (Wildman–Crippen MR) is 126 cm³/mol. The van der Waals surface area contributed by atoms with E-state index in [4.69, 9.17) is 4.42 Å². The lowest BCUT2D eigenvalue weighted by molar-refractivity contribution is 0.0938. The van der Waals surface area contributed by atoms with Crippen molar-refractivity contribution in [2.75, 3.05) is 19.6 Å². The summed E-state index contributed by atoms with van der Waals surface area (Å²) in [5, 5.41) is 21.3. The molecule has 3 aromatic rings. The van der Waals surface area contributed by atoms with E-state index in [1.807, 2.05) is 31.2 Å². The molecule has 0 spiro atoms. The Hall–Kier alpha value is -2.82. The first-order valence-electron chi connectivity index (χ1n) is 10.9. The molecule has 32 heavy (non-hydrogen) atoms. The fourth-order valence-electron chi connectivity index (χ4n) is 4.07. The molecular weight excluding hydrogens is 426 g/mol. The quantitative estimate of drug-likeness (QED) is 0.582. The number of piperidine rings is 1. The minimum Gasteiger partial charge on any atom is -0.460 e. The fourth-order valence-corrected chi connectivity index (χ4v) is 4.07. The van der Waals surface area contributed by atoms with Gasteiger partial charge in [-0.15, -0.1) is 12.4 Å². The number of aryl methyl sites for hydroxylation is 1. The number of benzene rings is 1. The molecule has 1 fully saturated rings. The minimum atomic E-state index is -0.142. The number of hydrogen-bond donors (Lipinski definition) is 2. The Labute approximate surface area is 194 Å². The van der Waals surface area contributed by atoms with Crippen molar-refractivity contribution in [3.05, 3.63) is 52.5 Å². The smallest absolute Gasteiger partial charge is 0.271 e. The summed E-state index contributed by atoms with van der Waals surface area (Å²) in [5.74, 6) is 1.52. The van der Waals surface area contributed by atoms with Gasteiger partial charge in [0.15, 0.2) is 0 Å². The SMILES string of the molecule is Cc1cc(C(=O)NCC2CCNCC2)nn1Cc1cc(C#N)cc2cc(C(C)C)oc12.Cl. The Morgan fingerprint density at radius 2 is 2.06 bits per heavy atom. The second-order valence-corrected chi connectivity index (χ2v) is 8.70. The van der Waals surface area contributed by atoms with Crippen molar-refractivity contribution in [1.29, 1.82) is 5.26 Å². The van der Waals surface area contributed by atoms with Gasteiger partial charge >= 0.3 is 0 Å². The molecule has 2 aromatic heterocycles. The maximum absolute atomic E-state index is 12.6. The standard InChI is InChI=1S/C24H29N5O2.ClH/c1-15(2)22-11-19-9-18(12-25)10-20(23(19)31-22)14-29-16(3)8-21(28-29)24(30)27-13-17-4-6-26-7-5-17;/h8-11,15,17,26H,4-7,13-14H2,1-3H3,(H,27,30);1H. The van der Waals surface area contributed by atoms with Crippen LogP contribution in [0.1, 0.15) is 65.7 Å². The Balaban J connectivity index is 0.00000289. The number of amides is 1. The Morgan fingerprint density at radius 1 is 1.31 bits per heavy atom. The van der Waals surface area contributed by atoms with Crippen LogP contribution in [0.5, 0.6) is 0 Å². The summed E-state index contributed by atoms with van der Waals surface area (Å²) in [7, 11) is 0. The lowest BCUT2D eigenvalue weighted by atomic mass is 9.98. The summed E-state index contributed by atoms with van der Waals surface area (Å²) in [6.07, 6.45) is 2.17. The molecule has 1 aliphatic rings. The number of carbonyl (C=O) groups excluding carboxylic acids is 1. The van der Waals surface area contributed by atoms with Crippen molar-refractivity contribution in [3.63, 3.8) is 0 Å². The van der Waals surface area contributed by atoms with Gasteiger partial charge in [-0.2, -0.15) is 10.4 Å². The molecular formula is C24H30ClN5O2. The number of carbonyl (C=O) groups is 1. The first kappa shape index (κ1) is 23.8. The number of furan rings is 1. The fraction of sp³-hybridized carbons (Fsp3) is 0.458. The average Bonchev–Trinajstić information content (AvgIpc) is 3.37. The normalized spacial score (nSPS) is 14.3. The summed E-state index contributed by atoms with van der Waals surface area (Å²) in [6.45, 7) is 9.23. The van der Waals surface area contributed by atoms with E-state index in [-0.39, 0.29) is 24.2 Å². The molecule has 1 saturated heterocycles. The van der Waals surface area contributed by atoms with E-state index >= 15 is 0 Å². The second-order valence-electron chi connectivity index (χ2n) is 8.70. The van der Waals surface area contributed by atoms with Crippen LogP contribution in [0.25, 0.3) is 11.0 Å². The highest BCUT2D eigenvalue weighted by molar-refractivity contribution is 5.92. The van der Waals surface area contributed by atoms with E-state index < -0.39 is 0 Å². The number of hydrogen-bond acceptors (Lipinski definition) is 5. The number of nitriles is 1. The van der Waals surface area contributed by atoms with Gasteiger partial charge in [-0.25, -0.2) is 0 Å². The first-order valence-corrected chi connectivity index (χ1v) is 10.9. The van der Waals surface area contributed by atoms with Gasteiger partial charge in [0.1, 0.15) is 17.0 Å². The molecule has 0 unspecified atom stereocenters. The zero-order valence-electron chi connectivity index (χ0n) is 18.8. The maximum Gasteiger partial charge on any atom is 0.271 e. The molecule has 4 rings (SSSR count). The summed E-state index contributed by atoms with van der Waals surface area (Å²) in [6, 6.07) is 9.73. The third-order valence-electron chi connectivity index (χ3n) is 5.95. The van der Waals surface area contributed by atoms with Crippen molar-refractivity contribution in [2.45, 2.75) is 46.1 Å². The molecule has 0 saturated carbocycles. The van der Waals surface area contributed by atoms with E-state index in [0.717, 1.165) is 53.9 Å². The largest absolute Gasteiger partial charge is 0.460 e. The van der Waals surface area contributed by atoms with Crippen LogP contribution >= 0.6 is 12.4 Å². The van der Waals surface area contributed by atoms with Crippen LogP contribution in [0.3, 0.4) is 0 Å². The third-order valence-corrected chi connectivity index (χ3v) is 5.95. The number of halogens is 1. The zero-order valence-corrected chi connectivity index (χ0v) is 19.6. The van der Waals surface area contributed by atoms with E-state index in [1.54, 1.807) is 4.68 Å². The molecule has 0 radical (unpaired) electrons. The van der Waals surface area contributed by atoms with E-state index in [0.29, 0.717) is 30.3 Å². The molecule has 1 aliphatic heterocycles. The molecule has 170 valence electrons. The topological polar surface area (TPSA) is 95.9 Å². The van der Waals surface area contributed by atoms with Gasteiger partial charge in [0.2, 0.25) is 0 Å². The number of aromatic nitrogens is 2. The van der Waals surface area contributed by atoms with Gasteiger partial charge in [-0.05, 0) is 63.0 Å². The lowest BCUT2D eigenvalue weighted by Crippen LogP contribution is -2.36. The molecule has 2 N–H and O–H groups in total. The van der Waals surface area contributed by atoms with Gasteiger partial charge in [-0.1, -0.05) is 13.8 Å². The van der Waals surface area contributed by atoms with Crippen molar-refractivity contribution in [1.82, 2.24) is 20.4 Å². The first-order chi connectivity index (χ1) is 14.9. The summed E-state index contributed by atoms with van der Waals surface area (Å²) < 4.78 is 7.90. The van der Waals surface area contributed by atoms with E-state index in [1.165, 1.54) is 0 Å². The van der Waals surface area contributed by atoms with Crippen molar-refractivity contribution >= 4 is 29.3 Å². The highest BCUT2D eigenvalue weighted by Crippen LogP contribution is 2.29. The van der Waals surface area contributed by atoms with Gasteiger partial charge < -0.3 is 15.1 Å². The van der Waals surface area contributed by atoms with Crippen LogP contribution in [0.2, 0.25) is 0 Å². The molecule has 3 heterocycles. The van der Waals surface area contributed by atoms with Crippen molar-refractivity contribution in [2.24, 2.45) is 5.92 Å². The van der Waals surface area contributed by atoms with Gasteiger partial charge in [0.05, 0.1) is 18.2 Å². The maximum atomic E-state index is 12.6. The monoisotopic (exact) mass is 455 g/mol. The highest BCUT2D eigenvalue weighted by Gasteiger charge is 2.18. The van der Waals surface area contributed by atoms with Crippen LogP contribution in [0, 0.1) is 24.2 Å². The van der Waals surface area contributed by atoms with Crippen LogP contribution in [-0.4, -0.2) is 35.3 Å². The number of nitrogens with zero attached hydrogens (tertiary/aromatic N) is 3. The molecule has 1 amide bonds. The lowest BCUT2D eigenvalue weighted by Gasteiger charge is -2.22. The van der Waals surface area contributed by atoms with Gasteiger partial charge in [-0.3, -0.25) is 9.48 Å². The van der Waals surface area contributed by atoms with E-state index in [9.17, 15) is 10.1 Å². The summed E-state index contributed by atoms with van der Waals surface area (Å²) in [5.41, 5.74) is 3.55.